The molecule has 0 radical (unpaired) electrons. The van der Waals surface area contributed by atoms with Crippen LogP contribution >= 0.6 is 0 Å². The van der Waals surface area contributed by atoms with Crippen LogP contribution in [0.4, 0.5) is 5.69 Å². The molecule has 0 unspecified atom stereocenters. The number of aromatic amines is 1. The van der Waals surface area contributed by atoms with Crippen molar-refractivity contribution in [2.45, 2.75) is 45.1 Å². The van der Waals surface area contributed by atoms with Gasteiger partial charge < -0.3 is 10.1 Å². The predicted molar refractivity (Wildman–Crippen MR) is 126 cm³/mol. The summed E-state index contributed by atoms with van der Waals surface area (Å²) in [4.78, 5) is 15.9. The van der Waals surface area contributed by atoms with Gasteiger partial charge in [0.2, 0.25) is 0 Å². The Bertz CT molecular complexity index is 1120. The topological polar surface area (TPSA) is 70.2 Å². The number of carbonyl (C=O) groups is 1. The summed E-state index contributed by atoms with van der Waals surface area (Å²) in [5.41, 5.74) is 6.46. The smallest absolute Gasteiger partial charge is 0.259 e. The molecule has 1 aliphatic carbocycles. The Morgan fingerprint density at radius 2 is 1.84 bits per heavy atom. The van der Waals surface area contributed by atoms with Gasteiger partial charge in [-0.05, 0) is 80.1 Å². The minimum atomic E-state index is -0.147. The number of carbonyl (C=O) groups excluding carboxylic acids is 1. The van der Waals surface area contributed by atoms with Gasteiger partial charge in [0.1, 0.15) is 5.75 Å². The first-order valence-electron chi connectivity index (χ1n) is 11.5. The Balaban J connectivity index is 1.34. The normalized spacial score (nSPS) is 16.7. The number of nitrogens with one attached hydrogen (secondary N) is 2. The number of H-pyrrole nitrogens is 1. The van der Waals surface area contributed by atoms with Crippen LogP contribution in [0.25, 0.3) is 11.3 Å². The number of aryl methyl sites for hydroxylation is 1. The van der Waals surface area contributed by atoms with Gasteiger partial charge in [-0.2, -0.15) is 5.10 Å². The van der Waals surface area contributed by atoms with E-state index in [0.717, 1.165) is 49.0 Å². The summed E-state index contributed by atoms with van der Waals surface area (Å²) in [6.45, 7) is 4.10. The summed E-state index contributed by atoms with van der Waals surface area (Å²) in [7, 11) is 1.64. The van der Waals surface area contributed by atoms with Gasteiger partial charge in [0.05, 0.1) is 24.1 Å². The Kier molecular flexibility index (Phi) is 5.70. The second-order valence-electron chi connectivity index (χ2n) is 8.85. The van der Waals surface area contributed by atoms with Crippen LogP contribution in [0.15, 0.2) is 42.5 Å². The van der Waals surface area contributed by atoms with Crippen molar-refractivity contribution >= 4 is 11.6 Å². The van der Waals surface area contributed by atoms with E-state index in [9.17, 15) is 4.79 Å². The number of amides is 1. The zero-order chi connectivity index (χ0) is 22.1. The number of fused-ring (bicyclic) bond motifs is 1. The molecule has 0 saturated heterocycles. The van der Waals surface area contributed by atoms with Gasteiger partial charge in [-0.15, -0.1) is 0 Å². The number of rotatable bonds is 5. The molecule has 0 bridgehead atoms. The third kappa shape index (κ3) is 4.02. The van der Waals surface area contributed by atoms with E-state index in [1.54, 1.807) is 7.11 Å². The van der Waals surface area contributed by atoms with Gasteiger partial charge in [-0.3, -0.25) is 14.8 Å². The maximum atomic E-state index is 13.2. The molecule has 1 fully saturated rings. The number of hydrogen-bond acceptors (Lipinski definition) is 4. The van der Waals surface area contributed by atoms with E-state index >= 15 is 0 Å². The van der Waals surface area contributed by atoms with Crippen LogP contribution in [0.1, 0.15) is 46.4 Å². The molecule has 1 aliphatic heterocycles. The molecule has 0 atom stereocenters. The molecule has 2 N–H and O–H groups in total. The highest BCUT2D eigenvalue weighted by Crippen LogP contribution is 2.29. The lowest BCUT2D eigenvalue weighted by molar-refractivity contribution is 0.102. The lowest BCUT2D eigenvalue weighted by Gasteiger charge is -2.36. The molecular weight excluding hydrogens is 400 g/mol. The van der Waals surface area contributed by atoms with Gasteiger partial charge in [0, 0.05) is 30.4 Å². The van der Waals surface area contributed by atoms with Gasteiger partial charge in [0.15, 0.2) is 0 Å². The summed E-state index contributed by atoms with van der Waals surface area (Å²) >= 11 is 0. The summed E-state index contributed by atoms with van der Waals surface area (Å²) in [5.74, 6) is 0.628. The van der Waals surface area contributed by atoms with Crippen molar-refractivity contribution in [3.05, 3.63) is 64.8 Å². The fourth-order valence-electron chi connectivity index (χ4n) is 4.81. The molecule has 0 spiro atoms. The minimum Gasteiger partial charge on any atom is -0.497 e. The van der Waals surface area contributed by atoms with E-state index in [0.29, 0.717) is 17.0 Å². The molecule has 166 valence electrons. The van der Waals surface area contributed by atoms with Crippen molar-refractivity contribution in [1.82, 2.24) is 15.1 Å². The maximum Gasteiger partial charge on any atom is 0.259 e. The van der Waals surface area contributed by atoms with Crippen LogP contribution in [0.5, 0.6) is 5.75 Å². The first kappa shape index (κ1) is 20.8. The van der Waals surface area contributed by atoms with Crippen LogP contribution in [0, 0.1) is 6.92 Å². The summed E-state index contributed by atoms with van der Waals surface area (Å²) in [6, 6.07) is 14.8. The van der Waals surface area contributed by atoms with Gasteiger partial charge in [0.25, 0.3) is 5.91 Å². The summed E-state index contributed by atoms with van der Waals surface area (Å²) in [6.07, 6.45) is 6.19. The van der Waals surface area contributed by atoms with E-state index in [1.807, 2.05) is 37.3 Å². The molecule has 3 aromatic rings. The van der Waals surface area contributed by atoms with Gasteiger partial charge >= 0.3 is 0 Å². The molecule has 1 saturated carbocycles. The molecule has 5 rings (SSSR count). The molecule has 6 heteroatoms. The Morgan fingerprint density at radius 1 is 1.09 bits per heavy atom. The second kappa shape index (κ2) is 8.79. The van der Waals surface area contributed by atoms with Crippen molar-refractivity contribution in [2.75, 3.05) is 25.5 Å². The van der Waals surface area contributed by atoms with E-state index in [2.05, 4.69) is 32.5 Å². The third-order valence-corrected chi connectivity index (χ3v) is 6.94. The minimum absolute atomic E-state index is 0.147. The standard InChI is InChI=1S/C26H30N4O2/c1-17-24(25(29-28-17)19-7-10-23(32-2)11-8-19)26(31)27-21-9-6-18-12-14-30(22-4-3-5-22)15-13-20(18)16-21/h6-11,16,22H,3-5,12-15H2,1-2H3,(H,27,31)(H,28,29). The Labute approximate surface area is 189 Å². The lowest BCUT2D eigenvalue weighted by Crippen LogP contribution is -2.41. The van der Waals surface area contributed by atoms with Crippen LogP contribution in [0.3, 0.4) is 0 Å². The van der Waals surface area contributed by atoms with E-state index < -0.39 is 0 Å². The van der Waals surface area contributed by atoms with Crippen molar-refractivity contribution in [1.29, 1.82) is 0 Å². The van der Waals surface area contributed by atoms with Crippen molar-refractivity contribution in [3.63, 3.8) is 0 Å². The van der Waals surface area contributed by atoms with Crippen LogP contribution in [-0.4, -0.2) is 47.2 Å². The van der Waals surface area contributed by atoms with E-state index in [1.165, 1.54) is 30.4 Å². The van der Waals surface area contributed by atoms with Crippen molar-refractivity contribution < 1.29 is 9.53 Å². The first-order chi connectivity index (χ1) is 15.6. The highest BCUT2D eigenvalue weighted by Gasteiger charge is 2.26. The zero-order valence-electron chi connectivity index (χ0n) is 18.8. The van der Waals surface area contributed by atoms with Crippen LogP contribution in [-0.2, 0) is 12.8 Å². The number of hydrogen-bond donors (Lipinski definition) is 2. The predicted octanol–water partition coefficient (Wildman–Crippen LogP) is 4.60. The highest BCUT2D eigenvalue weighted by atomic mass is 16.5. The molecular formula is C26H30N4O2. The Morgan fingerprint density at radius 3 is 2.53 bits per heavy atom. The first-order valence-corrected chi connectivity index (χ1v) is 11.5. The van der Waals surface area contributed by atoms with Gasteiger partial charge in [-0.1, -0.05) is 12.5 Å². The number of aromatic nitrogens is 2. The summed E-state index contributed by atoms with van der Waals surface area (Å²) < 4.78 is 5.24. The Hall–Kier alpha value is -3.12. The number of nitrogens with zero attached hydrogens (tertiary/aromatic N) is 2. The monoisotopic (exact) mass is 430 g/mol. The molecule has 6 nitrogen and oxygen atoms in total. The molecule has 1 aromatic heterocycles. The van der Waals surface area contributed by atoms with Crippen molar-refractivity contribution in [3.8, 4) is 17.0 Å². The lowest BCUT2D eigenvalue weighted by atomic mass is 9.91. The molecule has 2 aliphatic rings. The zero-order valence-corrected chi connectivity index (χ0v) is 18.8. The van der Waals surface area contributed by atoms with Crippen molar-refractivity contribution in [2.24, 2.45) is 0 Å². The average Bonchev–Trinajstić information content (AvgIpc) is 3.04. The maximum absolute atomic E-state index is 13.2. The average molecular weight is 431 g/mol. The molecule has 2 heterocycles. The quantitative estimate of drug-likeness (QED) is 0.621. The second-order valence-corrected chi connectivity index (χ2v) is 8.85. The number of benzene rings is 2. The number of ether oxygens (including phenoxy) is 1. The van der Waals surface area contributed by atoms with Crippen LogP contribution < -0.4 is 10.1 Å². The van der Waals surface area contributed by atoms with Crippen LogP contribution in [0.2, 0.25) is 0 Å². The number of methoxy groups -OCH3 is 1. The SMILES string of the molecule is COc1ccc(-c2[nH]nc(C)c2C(=O)Nc2ccc3c(c2)CCN(C2CCC2)CC3)cc1. The fourth-order valence-corrected chi connectivity index (χ4v) is 4.81. The molecule has 1 amide bonds. The largest absolute Gasteiger partial charge is 0.497 e. The van der Waals surface area contributed by atoms with Gasteiger partial charge in [-0.25, -0.2) is 0 Å². The molecule has 2 aromatic carbocycles. The highest BCUT2D eigenvalue weighted by molar-refractivity contribution is 6.09. The third-order valence-electron chi connectivity index (χ3n) is 6.94. The number of anilines is 1. The van der Waals surface area contributed by atoms with E-state index in [4.69, 9.17) is 4.74 Å². The fraction of sp³-hybridized carbons (Fsp3) is 0.385. The van der Waals surface area contributed by atoms with E-state index in [-0.39, 0.29) is 5.91 Å². The summed E-state index contributed by atoms with van der Waals surface area (Å²) in [5, 5.41) is 10.4. The molecule has 32 heavy (non-hydrogen) atoms.